The monoisotopic (exact) mass is 578 g/mol. The molecule has 1 aliphatic heterocycles. The minimum absolute atomic E-state index is 0.102. The molecule has 5 amide bonds. The first-order chi connectivity index (χ1) is 19.2. The summed E-state index contributed by atoms with van der Waals surface area (Å²) in [5, 5.41) is 4.86. The number of benzene rings is 2. The van der Waals surface area contributed by atoms with Gasteiger partial charge in [-0.05, 0) is 53.8 Å². The summed E-state index contributed by atoms with van der Waals surface area (Å²) in [4.78, 5) is 53.1. The van der Waals surface area contributed by atoms with Crippen molar-refractivity contribution < 1.29 is 41.1 Å². The number of urea groups is 1. The number of anilines is 1. The van der Waals surface area contributed by atoms with Crippen LogP contribution in [0.1, 0.15) is 42.4 Å². The highest BCUT2D eigenvalue weighted by Gasteiger charge is 2.62. The number of nitrogens with one attached hydrogen (secondary N) is 2. The SMILES string of the molecule is CN1C(=O)NC(=O)[C@@]12Cc1ccc(NC(=O)CN(Cc3cc(F)cc(F)c3)C(=O)C3(C(F)(F)F)CCCC3)cc1C2. The second-order valence-corrected chi connectivity index (χ2v) is 11.0. The molecule has 5 rings (SSSR count). The number of hydrogen-bond acceptors (Lipinski definition) is 4. The fourth-order valence-electron chi connectivity index (χ4n) is 6.17. The summed E-state index contributed by atoms with van der Waals surface area (Å²) >= 11 is 0. The summed E-state index contributed by atoms with van der Waals surface area (Å²) in [6.45, 7) is -1.41. The average Bonchev–Trinajstić information content (AvgIpc) is 3.57. The minimum Gasteiger partial charge on any atom is -0.328 e. The van der Waals surface area contributed by atoms with Gasteiger partial charge in [0, 0.05) is 38.2 Å². The van der Waals surface area contributed by atoms with Gasteiger partial charge in [0.25, 0.3) is 5.91 Å². The van der Waals surface area contributed by atoms with E-state index >= 15 is 0 Å². The van der Waals surface area contributed by atoms with Crippen LogP contribution in [-0.4, -0.2) is 58.9 Å². The molecule has 1 saturated heterocycles. The molecule has 3 aliphatic rings. The number of fused-ring (bicyclic) bond motifs is 1. The Kier molecular flexibility index (Phi) is 7.03. The number of carbonyl (C=O) groups is 4. The van der Waals surface area contributed by atoms with Crippen LogP contribution in [0.5, 0.6) is 0 Å². The number of carbonyl (C=O) groups excluding carboxylic acids is 4. The number of likely N-dealkylation sites (N-methyl/N-ethyl adjacent to an activating group) is 1. The van der Waals surface area contributed by atoms with E-state index < -0.39 is 78.4 Å². The molecular weight excluding hydrogens is 551 g/mol. The first kappa shape index (κ1) is 28.5. The molecule has 1 heterocycles. The number of rotatable bonds is 6. The van der Waals surface area contributed by atoms with Crippen molar-refractivity contribution in [3.63, 3.8) is 0 Å². The predicted molar refractivity (Wildman–Crippen MR) is 135 cm³/mol. The maximum Gasteiger partial charge on any atom is 0.403 e. The van der Waals surface area contributed by atoms with Gasteiger partial charge >= 0.3 is 12.2 Å². The molecule has 2 aromatic carbocycles. The molecule has 2 aliphatic carbocycles. The Morgan fingerprint density at radius 2 is 1.63 bits per heavy atom. The number of alkyl halides is 3. The summed E-state index contributed by atoms with van der Waals surface area (Å²) in [6, 6.07) is 6.71. The molecule has 41 heavy (non-hydrogen) atoms. The lowest BCUT2D eigenvalue weighted by Crippen LogP contribution is -2.52. The van der Waals surface area contributed by atoms with Crippen molar-refractivity contribution in [3.8, 4) is 0 Å². The Bertz CT molecular complexity index is 1420. The predicted octanol–water partition coefficient (Wildman–Crippen LogP) is 4.07. The van der Waals surface area contributed by atoms with Gasteiger partial charge in [0.15, 0.2) is 0 Å². The average molecular weight is 579 g/mol. The van der Waals surface area contributed by atoms with Crippen LogP contribution in [0, 0.1) is 17.0 Å². The van der Waals surface area contributed by atoms with Gasteiger partial charge in [0.2, 0.25) is 11.8 Å². The highest BCUT2D eigenvalue weighted by molar-refractivity contribution is 6.07. The summed E-state index contributed by atoms with van der Waals surface area (Å²) in [5.74, 6) is -4.51. The second kappa shape index (κ2) is 10.1. The first-order valence-electron chi connectivity index (χ1n) is 13.1. The number of hydrogen-bond donors (Lipinski definition) is 2. The van der Waals surface area contributed by atoms with Crippen LogP contribution in [0.3, 0.4) is 0 Å². The van der Waals surface area contributed by atoms with Crippen LogP contribution in [-0.2, 0) is 33.8 Å². The molecule has 13 heteroatoms. The van der Waals surface area contributed by atoms with Crippen LogP contribution in [0.4, 0.5) is 32.4 Å². The molecule has 2 aromatic rings. The Morgan fingerprint density at radius 3 is 2.22 bits per heavy atom. The maximum absolute atomic E-state index is 14.2. The zero-order valence-electron chi connectivity index (χ0n) is 22.0. The van der Waals surface area contributed by atoms with E-state index in [1.54, 1.807) is 18.2 Å². The lowest BCUT2D eigenvalue weighted by Gasteiger charge is -2.35. The largest absolute Gasteiger partial charge is 0.403 e. The molecule has 0 unspecified atom stereocenters. The van der Waals surface area contributed by atoms with Crippen LogP contribution in [0.15, 0.2) is 36.4 Å². The Labute approximate surface area is 231 Å². The second-order valence-electron chi connectivity index (χ2n) is 11.0. The van der Waals surface area contributed by atoms with E-state index in [1.807, 2.05) is 0 Å². The van der Waals surface area contributed by atoms with E-state index in [1.165, 1.54) is 11.9 Å². The van der Waals surface area contributed by atoms with Gasteiger partial charge in [0.05, 0.1) is 0 Å². The molecule has 8 nitrogen and oxygen atoms in total. The van der Waals surface area contributed by atoms with E-state index in [-0.39, 0.29) is 36.9 Å². The third kappa shape index (κ3) is 5.02. The summed E-state index contributed by atoms with van der Waals surface area (Å²) in [7, 11) is 1.52. The molecule has 1 saturated carbocycles. The van der Waals surface area contributed by atoms with Crippen molar-refractivity contribution in [3.05, 3.63) is 64.7 Å². The Hall–Kier alpha value is -4.03. The van der Waals surface area contributed by atoms with Crippen LogP contribution >= 0.6 is 0 Å². The Balaban J connectivity index is 1.37. The Morgan fingerprint density at radius 1 is 1.00 bits per heavy atom. The van der Waals surface area contributed by atoms with Gasteiger partial charge in [-0.1, -0.05) is 18.9 Å². The third-order valence-corrected chi connectivity index (χ3v) is 8.37. The van der Waals surface area contributed by atoms with Gasteiger partial charge in [-0.15, -0.1) is 0 Å². The van der Waals surface area contributed by atoms with Gasteiger partial charge in [0.1, 0.15) is 29.1 Å². The molecule has 2 N–H and O–H groups in total. The summed E-state index contributed by atoms with van der Waals surface area (Å²) < 4.78 is 70.2. The smallest absolute Gasteiger partial charge is 0.328 e. The van der Waals surface area contributed by atoms with Crippen molar-refractivity contribution in [1.82, 2.24) is 15.1 Å². The first-order valence-corrected chi connectivity index (χ1v) is 13.1. The van der Waals surface area contributed by atoms with E-state index in [4.69, 9.17) is 0 Å². The molecule has 0 aromatic heterocycles. The fraction of sp³-hybridized carbons (Fsp3) is 0.429. The van der Waals surface area contributed by atoms with Crippen molar-refractivity contribution in [1.29, 1.82) is 0 Å². The molecule has 1 atom stereocenters. The normalized spacial score (nSPS) is 21.3. The maximum atomic E-state index is 14.2. The quantitative estimate of drug-likeness (QED) is 0.399. The molecule has 0 bridgehead atoms. The van der Waals surface area contributed by atoms with Crippen LogP contribution in [0.2, 0.25) is 0 Å². The summed E-state index contributed by atoms with van der Waals surface area (Å²) in [6.07, 6.45) is -4.94. The van der Waals surface area contributed by atoms with Gasteiger partial charge in [-0.3, -0.25) is 19.7 Å². The number of nitrogens with zero attached hydrogens (tertiary/aromatic N) is 2. The van der Waals surface area contributed by atoms with Crippen LogP contribution < -0.4 is 10.6 Å². The molecule has 2 fully saturated rings. The van der Waals surface area contributed by atoms with Crippen molar-refractivity contribution in [2.24, 2.45) is 5.41 Å². The van der Waals surface area contributed by atoms with Crippen molar-refractivity contribution in [2.45, 2.75) is 56.8 Å². The highest BCUT2D eigenvalue weighted by Crippen LogP contribution is 2.51. The highest BCUT2D eigenvalue weighted by atomic mass is 19.4. The van der Waals surface area contributed by atoms with Crippen LogP contribution in [0.25, 0.3) is 0 Å². The van der Waals surface area contributed by atoms with E-state index in [0.717, 1.165) is 17.7 Å². The number of imide groups is 1. The van der Waals surface area contributed by atoms with Crippen molar-refractivity contribution >= 4 is 29.4 Å². The lowest BCUT2D eigenvalue weighted by atomic mass is 9.83. The topological polar surface area (TPSA) is 98.8 Å². The lowest BCUT2D eigenvalue weighted by molar-refractivity contribution is -0.226. The third-order valence-electron chi connectivity index (χ3n) is 8.37. The standard InChI is InChI=1S/C28H27F5N4O4/c1-36-25(41)35-23(39)27(36)12-17-4-5-21(10-18(17)13-27)34-22(38)15-37(14-16-8-19(29)11-20(30)9-16)24(40)26(28(31,32)33)6-2-3-7-26/h4-5,8-11H,2-3,6-7,12-15H2,1H3,(H,34,38)(H,35,39,41)/t27-/m0/s1. The molecule has 1 spiro atoms. The van der Waals surface area contributed by atoms with Gasteiger partial charge < -0.3 is 15.1 Å². The van der Waals surface area contributed by atoms with E-state index in [0.29, 0.717) is 16.5 Å². The zero-order chi connectivity index (χ0) is 29.7. The zero-order valence-corrected chi connectivity index (χ0v) is 22.0. The molecule has 0 radical (unpaired) electrons. The minimum atomic E-state index is -4.88. The van der Waals surface area contributed by atoms with Gasteiger partial charge in [-0.25, -0.2) is 13.6 Å². The van der Waals surface area contributed by atoms with Gasteiger partial charge in [-0.2, -0.15) is 13.2 Å². The van der Waals surface area contributed by atoms with E-state index in [9.17, 15) is 41.1 Å². The fourth-order valence-corrected chi connectivity index (χ4v) is 6.17. The molecular formula is C28H27F5N4O4. The number of amides is 5. The summed E-state index contributed by atoms with van der Waals surface area (Å²) in [5.41, 5.74) is -2.11. The molecule has 218 valence electrons. The van der Waals surface area contributed by atoms with Crippen molar-refractivity contribution in [2.75, 3.05) is 18.9 Å². The number of halogens is 5. The van der Waals surface area contributed by atoms with E-state index in [2.05, 4.69) is 10.6 Å².